The van der Waals surface area contributed by atoms with E-state index in [0.29, 0.717) is 17.7 Å². The van der Waals surface area contributed by atoms with Crippen LogP contribution in [0.25, 0.3) is 0 Å². The van der Waals surface area contributed by atoms with Gasteiger partial charge in [0, 0.05) is 56.2 Å². The second-order valence-electron chi connectivity index (χ2n) is 7.01. The van der Waals surface area contributed by atoms with Gasteiger partial charge in [-0.3, -0.25) is 4.79 Å². The monoisotopic (exact) mass is 355 g/mol. The van der Waals surface area contributed by atoms with Crippen molar-refractivity contribution >= 4 is 17.3 Å². The lowest BCUT2D eigenvalue weighted by molar-refractivity contribution is 0.0827. The molecule has 0 aromatic heterocycles. The summed E-state index contributed by atoms with van der Waals surface area (Å²) in [7, 11) is 3.48. The quantitative estimate of drug-likeness (QED) is 0.879. The number of benzene rings is 2. The topological polar surface area (TPSA) is 35.6 Å². The molecular formula is C21H26FN3O. The fourth-order valence-corrected chi connectivity index (χ4v) is 3.42. The molecule has 0 aliphatic carbocycles. The van der Waals surface area contributed by atoms with E-state index in [4.69, 9.17) is 0 Å². The van der Waals surface area contributed by atoms with Gasteiger partial charge in [0.05, 0.1) is 0 Å². The molecule has 0 bridgehead atoms. The van der Waals surface area contributed by atoms with Crippen LogP contribution in [0.15, 0.2) is 36.4 Å². The average Bonchev–Trinajstić information content (AvgIpc) is 3.14. The smallest absolute Gasteiger partial charge is 0.253 e. The lowest BCUT2D eigenvalue weighted by Gasteiger charge is -2.22. The summed E-state index contributed by atoms with van der Waals surface area (Å²) in [5.74, 6) is -0.197. The number of carbonyl (C=O) groups is 1. The minimum Gasteiger partial charge on any atom is -0.381 e. The summed E-state index contributed by atoms with van der Waals surface area (Å²) < 4.78 is 14.4. The maximum Gasteiger partial charge on any atom is 0.253 e. The van der Waals surface area contributed by atoms with Gasteiger partial charge >= 0.3 is 0 Å². The van der Waals surface area contributed by atoms with Gasteiger partial charge in [0.15, 0.2) is 0 Å². The number of anilines is 2. The molecule has 138 valence electrons. The zero-order valence-corrected chi connectivity index (χ0v) is 15.7. The molecule has 2 aromatic rings. The minimum atomic E-state index is -0.182. The Bertz CT molecular complexity index is 798. The van der Waals surface area contributed by atoms with Crippen molar-refractivity contribution in [3.8, 4) is 0 Å². The highest BCUT2D eigenvalue weighted by Crippen LogP contribution is 2.27. The van der Waals surface area contributed by atoms with E-state index in [1.807, 2.05) is 31.2 Å². The van der Waals surface area contributed by atoms with Crippen molar-refractivity contribution in [1.82, 2.24) is 4.90 Å². The molecule has 0 atom stereocenters. The van der Waals surface area contributed by atoms with Crippen LogP contribution in [0.1, 0.15) is 34.3 Å². The number of halogens is 1. The first kappa shape index (κ1) is 18.2. The largest absolute Gasteiger partial charge is 0.381 e. The molecule has 3 rings (SSSR count). The lowest BCUT2D eigenvalue weighted by Crippen LogP contribution is -2.22. The summed E-state index contributed by atoms with van der Waals surface area (Å²) in [6.07, 6.45) is 2.31. The van der Waals surface area contributed by atoms with Crippen LogP contribution >= 0.6 is 0 Å². The van der Waals surface area contributed by atoms with Crippen LogP contribution in [-0.2, 0) is 6.54 Å². The minimum absolute atomic E-state index is 0.0144. The van der Waals surface area contributed by atoms with Crippen molar-refractivity contribution in [3.05, 3.63) is 58.9 Å². The molecule has 0 spiro atoms. The van der Waals surface area contributed by atoms with E-state index in [2.05, 4.69) is 10.2 Å². The summed E-state index contributed by atoms with van der Waals surface area (Å²) in [4.78, 5) is 16.0. The Morgan fingerprint density at radius 2 is 1.92 bits per heavy atom. The van der Waals surface area contributed by atoms with Gasteiger partial charge in [-0.15, -0.1) is 0 Å². The molecular weight excluding hydrogens is 329 g/mol. The Morgan fingerprint density at radius 3 is 2.58 bits per heavy atom. The van der Waals surface area contributed by atoms with E-state index >= 15 is 0 Å². The van der Waals surface area contributed by atoms with Gasteiger partial charge in [-0.1, -0.05) is 6.07 Å². The van der Waals surface area contributed by atoms with Crippen LogP contribution in [0.3, 0.4) is 0 Å². The number of hydrogen-bond donors (Lipinski definition) is 1. The number of nitrogens with zero attached hydrogens (tertiary/aromatic N) is 2. The Morgan fingerprint density at radius 1 is 1.19 bits per heavy atom. The maximum atomic E-state index is 14.4. The molecule has 5 heteroatoms. The summed E-state index contributed by atoms with van der Waals surface area (Å²) in [6.45, 7) is 4.30. The van der Waals surface area contributed by atoms with Crippen molar-refractivity contribution in [2.45, 2.75) is 26.3 Å². The van der Waals surface area contributed by atoms with E-state index in [0.717, 1.165) is 42.9 Å². The Kier molecular flexibility index (Phi) is 5.45. The first-order valence-electron chi connectivity index (χ1n) is 9.06. The number of amides is 1. The van der Waals surface area contributed by atoms with Crippen molar-refractivity contribution in [1.29, 1.82) is 0 Å². The van der Waals surface area contributed by atoms with E-state index in [1.165, 1.54) is 6.07 Å². The average molecular weight is 355 g/mol. The SMILES string of the molecule is Cc1cc(NCc2c(F)cccc2N2CCCC2)ccc1C(=O)N(C)C. The van der Waals surface area contributed by atoms with Crippen LogP contribution < -0.4 is 10.2 Å². The Hall–Kier alpha value is -2.56. The molecule has 1 fully saturated rings. The number of nitrogens with one attached hydrogen (secondary N) is 1. The molecule has 1 N–H and O–H groups in total. The number of carbonyl (C=O) groups excluding carboxylic acids is 1. The molecule has 1 saturated heterocycles. The molecule has 1 amide bonds. The summed E-state index contributed by atoms with van der Waals surface area (Å²) in [6, 6.07) is 10.9. The Labute approximate surface area is 154 Å². The predicted octanol–water partition coefficient (Wildman–Crippen LogP) is 4.05. The number of rotatable bonds is 5. The summed E-state index contributed by atoms with van der Waals surface area (Å²) in [5, 5.41) is 3.31. The van der Waals surface area contributed by atoms with Gasteiger partial charge in [-0.25, -0.2) is 4.39 Å². The molecule has 26 heavy (non-hydrogen) atoms. The highest BCUT2D eigenvalue weighted by atomic mass is 19.1. The Balaban J connectivity index is 1.77. The zero-order chi connectivity index (χ0) is 18.7. The van der Waals surface area contributed by atoms with Gasteiger partial charge in [0.1, 0.15) is 5.82 Å². The van der Waals surface area contributed by atoms with Crippen molar-refractivity contribution in [2.24, 2.45) is 0 Å². The third-order valence-electron chi connectivity index (χ3n) is 4.87. The van der Waals surface area contributed by atoms with Gasteiger partial charge in [-0.2, -0.15) is 0 Å². The van der Waals surface area contributed by atoms with E-state index < -0.39 is 0 Å². The highest BCUT2D eigenvalue weighted by molar-refractivity contribution is 5.95. The van der Waals surface area contributed by atoms with Crippen molar-refractivity contribution < 1.29 is 9.18 Å². The maximum absolute atomic E-state index is 14.4. The number of aryl methyl sites for hydroxylation is 1. The zero-order valence-electron chi connectivity index (χ0n) is 15.7. The van der Waals surface area contributed by atoms with Gasteiger partial charge in [0.25, 0.3) is 5.91 Å². The third kappa shape index (κ3) is 3.82. The molecule has 1 aliphatic rings. The highest BCUT2D eigenvalue weighted by Gasteiger charge is 2.18. The first-order chi connectivity index (χ1) is 12.5. The lowest BCUT2D eigenvalue weighted by atomic mass is 10.1. The second kappa shape index (κ2) is 7.77. The van der Waals surface area contributed by atoms with Crippen molar-refractivity contribution in [3.63, 3.8) is 0 Å². The van der Waals surface area contributed by atoms with E-state index in [1.54, 1.807) is 25.1 Å². The molecule has 0 saturated carbocycles. The van der Waals surface area contributed by atoms with Gasteiger partial charge < -0.3 is 15.1 Å². The van der Waals surface area contributed by atoms with Crippen molar-refractivity contribution in [2.75, 3.05) is 37.4 Å². The fourth-order valence-electron chi connectivity index (χ4n) is 3.42. The molecule has 0 radical (unpaired) electrons. The molecule has 1 heterocycles. The molecule has 1 aliphatic heterocycles. The van der Waals surface area contributed by atoms with Gasteiger partial charge in [0.2, 0.25) is 0 Å². The molecule has 0 unspecified atom stereocenters. The second-order valence-corrected chi connectivity index (χ2v) is 7.01. The summed E-state index contributed by atoms with van der Waals surface area (Å²) >= 11 is 0. The fraction of sp³-hybridized carbons (Fsp3) is 0.381. The third-order valence-corrected chi connectivity index (χ3v) is 4.87. The number of hydrogen-bond acceptors (Lipinski definition) is 3. The normalized spacial score (nSPS) is 13.8. The van der Waals surface area contributed by atoms with Crippen LogP contribution in [0.2, 0.25) is 0 Å². The molecule has 4 nitrogen and oxygen atoms in total. The van der Waals surface area contributed by atoms with E-state index in [-0.39, 0.29) is 11.7 Å². The first-order valence-corrected chi connectivity index (χ1v) is 9.06. The van der Waals surface area contributed by atoms with Crippen LogP contribution in [0.5, 0.6) is 0 Å². The van der Waals surface area contributed by atoms with Crippen LogP contribution in [0, 0.1) is 12.7 Å². The van der Waals surface area contributed by atoms with Crippen LogP contribution in [0.4, 0.5) is 15.8 Å². The summed E-state index contributed by atoms with van der Waals surface area (Å²) in [5.41, 5.74) is 4.14. The van der Waals surface area contributed by atoms with E-state index in [9.17, 15) is 9.18 Å². The van der Waals surface area contributed by atoms with Gasteiger partial charge in [-0.05, 0) is 55.7 Å². The predicted molar refractivity (Wildman–Crippen MR) is 104 cm³/mol. The standard InChI is InChI=1S/C21H26FN3O/c1-15-13-16(9-10-17(15)21(26)24(2)3)23-14-18-19(22)7-6-8-20(18)25-11-4-5-12-25/h6-10,13,23H,4-5,11-12,14H2,1-3H3. The van der Waals surface area contributed by atoms with Crippen LogP contribution in [-0.4, -0.2) is 38.0 Å². The molecule has 2 aromatic carbocycles.